The summed E-state index contributed by atoms with van der Waals surface area (Å²) in [5, 5.41) is 2.89. The number of aryl methyl sites for hydroxylation is 2. The molecule has 0 saturated carbocycles. The van der Waals surface area contributed by atoms with E-state index < -0.39 is 0 Å². The average Bonchev–Trinajstić information content (AvgIpc) is 2.37. The monoisotopic (exact) mass is 274 g/mol. The van der Waals surface area contributed by atoms with Gasteiger partial charge in [0.05, 0.1) is 5.92 Å². The Balaban J connectivity index is 1.76. The predicted octanol–water partition coefficient (Wildman–Crippen LogP) is 1.24. The number of carbonyl (C=O) groups is 1. The van der Waals surface area contributed by atoms with Crippen LogP contribution >= 0.6 is 0 Å². The van der Waals surface area contributed by atoms with Gasteiger partial charge in [0.2, 0.25) is 5.91 Å². The van der Waals surface area contributed by atoms with E-state index in [1.807, 2.05) is 13.8 Å². The van der Waals surface area contributed by atoms with Crippen LogP contribution < -0.4 is 10.2 Å². The van der Waals surface area contributed by atoms with Crippen molar-refractivity contribution in [1.82, 2.24) is 15.3 Å². The Hall–Kier alpha value is -1.65. The van der Waals surface area contributed by atoms with Crippen LogP contribution in [0.15, 0.2) is 0 Å². The average molecular weight is 274 g/mol. The molecule has 5 nitrogen and oxygen atoms in total. The van der Waals surface area contributed by atoms with Crippen molar-refractivity contribution >= 4 is 11.7 Å². The molecule has 1 aromatic rings. The minimum Gasteiger partial charge on any atom is -0.356 e. The lowest BCUT2D eigenvalue weighted by molar-refractivity contribution is -0.125. The summed E-state index contributed by atoms with van der Waals surface area (Å²) < 4.78 is 0. The van der Waals surface area contributed by atoms with E-state index in [1.54, 1.807) is 0 Å². The molecular weight excluding hydrogens is 252 g/mol. The highest BCUT2D eigenvalue weighted by molar-refractivity contribution is 5.81. The van der Waals surface area contributed by atoms with Crippen LogP contribution in [0.25, 0.3) is 0 Å². The number of anilines is 1. The maximum atomic E-state index is 11.8. The molecule has 1 saturated heterocycles. The maximum Gasteiger partial charge on any atom is 0.226 e. The van der Waals surface area contributed by atoms with Crippen molar-refractivity contribution in [3.63, 3.8) is 0 Å². The van der Waals surface area contributed by atoms with Gasteiger partial charge < -0.3 is 10.2 Å². The Morgan fingerprint density at radius 2 is 2.05 bits per heavy atom. The number of fused-ring (bicyclic) bond motifs is 1. The van der Waals surface area contributed by atoms with Crippen LogP contribution in [0.4, 0.5) is 5.82 Å². The molecule has 20 heavy (non-hydrogen) atoms. The van der Waals surface area contributed by atoms with E-state index in [1.165, 1.54) is 24.1 Å². The number of rotatable bonds is 3. The Bertz CT molecular complexity index is 523. The zero-order valence-electron chi connectivity index (χ0n) is 12.3. The van der Waals surface area contributed by atoms with E-state index in [0.717, 1.165) is 37.6 Å². The Labute approximate surface area is 119 Å². The molecule has 108 valence electrons. The van der Waals surface area contributed by atoms with Crippen LogP contribution in [0.5, 0.6) is 0 Å². The van der Waals surface area contributed by atoms with Crippen molar-refractivity contribution < 1.29 is 4.79 Å². The van der Waals surface area contributed by atoms with Gasteiger partial charge >= 0.3 is 0 Å². The van der Waals surface area contributed by atoms with E-state index in [9.17, 15) is 4.79 Å². The highest BCUT2D eigenvalue weighted by Gasteiger charge is 2.35. The molecule has 1 amide bonds. The van der Waals surface area contributed by atoms with Crippen LogP contribution in [0.1, 0.15) is 36.8 Å². The first-order valence-electron chi connectivity index (χ1n) is 7.58. The molecule has 0 radical (unpaired) electrons. The minimum absolute atomic E-state index is 0.115. The van der Waals surface area contributed by atoms with E-state index >= 15 is 0 Å². The van der Waals surface area contributed by atoms with Crippen LogP contribution in [0.2, 0.25) is 0 Å². The van der Waals surface area contributed by atoms with Crippen molar-refractivity contribution in [2.45, 2.75) is 39.5 Å². The summed E-state index contributed by atoms with van der Waals surface area (Å²) in [5.41, 5.74) is 2.54. The summed E-state index contributed by atoms with van der Waals surface area (Å²) >= 11 is 0. The SMILES string of the molecule is CCNC(=O)C1CN(c2nc(C)nc3c2CCCC3)C1. The normalized spacial score (nSPS) is 18.4. The molecule has 0 bridgehead atoms. The van der Waals surface area contributed by atoms with Crippen LogP contribution in [0.3, 0.4) is 0 Å². The van der Waals surface area contributed by atoms with E-state index in [0.29, 0.717) is 6.54 Å². The van der Waals surface area contributed by atoms with Crippen molar-refractivity contribution in [1.29, 1.82) is 0 Å². The molecule has 2 aliphatic rings. The highest BCUT2D eigenvalue weighted by atomic mass is 16.2. The lowest BCUT2D eigenvalue weighted by atomic mass is 9.93. The Morgan fingerprint density at radius 3 is 2.80 bits per heavy atom. The van der Waals surface area contributed by atoms with Crippen molar-refractivity contribution in [3.05, 3.63) is 17.1 Å². The molecule has 3 rings (SSSR count). The third-order valence-corrected chi connectivity index (χ3v) is 4.18. The Morgan fingerprint density at radius 1 is 1.30 bits per heavy atom. The minimum atomic E-state index is 0.115. The number of aromatic nitrogens is 2. The Kier molecular flexibility index (Phi) is 3.59. The van der Waals surface area contributed by atoms with Gasteiger partial charge in [0.15, 0.2) is 0 Å². The van der Waals surface area contributed by atoms with Gasteiger partial charge in [0.1, 0.15) is 11.6 Å². The van der Waals surface area contributed by atoms with E-state index in [-0.39, 0.29) is 11.8 Å². The quantitative estimate of drug-likeness (QED) is 0.901. The molecule has 0 unspecified atom stereocenters. The van der Waals surface area contributed by atoms with Gasteiger partial charge in [-0.15, -0.1) is 0 Å². The first-order chi connectivity index (χ1) is 9.69. The van der Waals surface area contributed by atoms with Gasteiger partial charge in [-0.3, -0.25) is 4.79 Å². The lowest BCUT2D eigenvalue weighted by Crippen LogP contribution is -2.54. The van der Waals surface area contributed by atoms with Crippen molar-refractivity contribution in [3.8, 4) is 0 Å². The van der Waals surface area contributed by atoms with Crippen LogP contribution in [0, 0.1) is 12.8 Å². The van der Waals surface area contributed by atoms with Crippen LogP contribution in [-0.2, 0) is 17.6 Å². The molecule has 5 heteroatoms. The lowest BCUT2D eigenvalue weighted by Gasteiger charge is -2.40. The maximum absolute atomic E-state index is 11.8. The van der Waals surface area contributed by atoms with Gasteiger partial charge in [0, 0.05) is 30.9 Å². The summed E-state index contributed by atoms with van der Waals surface area (Å²) in [4.78, 5) is 23.2. The second kappa shape index (κ2) is 5.38. The fourth-order valence-electron chi connectivity index (χ4n) is 3.09. The molecule has 1 aromatic heterocycles. The molecular formula is C15H22N4O. The smallest absolute Gasteiger partial charge is 0.226 e. The molecule has 1 fully saturated rings. The first-order valence-corrected chi connectivity index (χ1v) is 7.58. The zero-order valence-corrected chi connectivity index (χ0v) is 12.3. The fourth-order valence-corrected chi connectivity index (χ4v) is 3.09. The summed E-state index contributed by atoms with van der Waals surface area (Å²) in [6.07, 6.45) is 4.59. The summed E-state index contributed by atoms with van der Waals surface area (Å²) in [6.45, 7) is 6.19. The topological polar surface area (TPSA) is 58.1 Å². The van der Waals surface area contributed by atoms with Crippen LogP contribution in [-0.4, -0.2) is 35.5 Å². The molecule has 0 aromatic carbocycles. The van der Waals surface area contributed by atoms with Gasteiger partial charge in [-0.05, 0) is 39.5 Å². The van der Waals surface area contributed by atoms with Gasteiger partial charge in [0.25, 0.3) is 0 Å². The second-order valence-electron chi connectivity index (χ2n) is 5.72. The van der Waals surface area contributed by atoms with Gasteiger partial charge in [-0.2, -0.15) is 0 Å². The third-order valence-electron chi connectivity index (χ3n) is 4.18. The number of amides is 1. The fraction of sp³-hybridized carbons (Fsp3) is 0.667. The molecule has 1 aliphatic heterocycles. The largest absolute Gasteiger partial charge is 0.356 e. The second-order valence-corrected chi connectivity index (χ2v) is 5.72. The van der Waals surface area contributed by atoms with E-state index in [2.05, 4.69) is 20.2 Å². The molecule has 1 N–H and O–H groups in total. The highest BCUT2D eigenvalue weighted by Crippen LogP contribution is 2.31. The summed E-state index contributed by atoms with van der Waals surface area (Å²) in [6, 6.07) is 0. The first kappa shape index (κ1) is 13.3. The number of carbonyl (C=O) groups excluding carboxylic acids is 1. The molecule has 1 aliphatic carbocycles. The molecule has 0 spiro atoms. The zero-order chi connectivity index (χ0) is 14.1. The number of nitrogens with zero attached hydrogens (tertiary/aromatic N) is 3. The standard InChI is InChI=1S/C15H22N4O/c1-3-16-15(20)11-8-19(9-11)14-12-6-4-5-7-13(12)17-10(2)18-14/h11H,3-9H2,1-2H3,(H,16,20). The predicted molar refractivity (Wildman–Crippen MR) is 77.8 cm³/mol. The van der Waals surface area contributed by atoms with Gasteiger partial charge in [-0.1, -0.05) is 0 Å². The van der Waals surface area contributed by atoms with Gasteiger partial charge in [-0.25, -0.2) is 9.97 Å². The van der Waals surface area contributed by atoms with E-state index in [4.69, 9.17) is 0 Å². The number of hydrogen-bond donors (Lipinski definition) is 1. The molecule has 0 atom stereocenters. The third kappa shape index (κ3) is 2.37. The number of hydrogen-bond acceptors (Lipinski definition) is 4. The van der Waals surface area contributed by atoms with Crippen molar-refractivity contribution in [2.24, 2.45) is 5.92 Å². The summed E-state index contributed by atoms with van der Waals surface area (Å²) in [7, 11) is 0. The summed E-state index contributed by atoms with van der Waals surface area (Å²) in [5.74, 6) is 2.21. The molecule has 2 heterocycles. The number of nitrogens with one attached hydrogen (secondary N) is 1. The van der Waals surface area contributed by atoms with Crippen molar-refractivity contribution in [2.75, 3.05) is 24.5 Å².